The third-order valence-electron chi connectivity index (χ3n) is 4.88. The molecule has 0 N–H and O–H groups in total. The van der Waals surface area contributed by atoms with E-state index in [0.29, 0.717) is 0 Å². The van der Waals surface area contributed by atoms with Crippen molar-refractivity contribution in [3.05, 3.63) is 23.1 Å². The van der Waals surface area contributed by atoms with E-state index in [9.17, 15) is 0 Å². The van der Waals surface area contributed by atoms with E-state index in [1.807, 2.05) is 0 Å². The summed E-state index contributed by atoms with van der Waals surface area (Å²) in [4.78, 5) is 0. The molecule has 2 fully saturated rings. The van der Waals surface area contributed by atoms with E-state index in [-0.39, 0.29) is 0 Å². The molecule has 2 heteroatoms. The molecule has 3 aliphatic carbocycles. The van der Waals surface area contributed by atoms with Crippen LogP contribution < -0.4 is 0 Å². The van der Waals surface area contributed by atoms with Crippen molar-refractivity contribution in [3.8, 4) is 0 Å². The van der Waals surface area contributed by atoms with Gasteiger partial charge in [-0.2, -0.15) is 0 Å². The van der Waals surface area contributed by atoms with Crippen molar-refractivity contribution in [1.29, 1.82) is 0 Å². The molecule has 18 heavy (non-hydrogen) atoms. The van der Waals surface area contributed by atoms with Crippen LogP contribution in [-0.2, 0) is 4.43 Å². The maximum Gasteiger partial charge on any atom is 0.183 e. The van der Waals surface area contributed by atoms with Crippen LogP contribution in [0.1, 0.15) is 57.8 Å². The summed E-state index contributed by atoms with van der Waals surface area (Å²) in [6, 6.07) is 0. The highest BCUT2D eigenvalue weighted by Crippen LogP contribution is 2.43. The van der Waals surface area contributed by atoms with Crippen molar-refractivity contribution in [2.45, 2.75) is 68.9 Å². The Morgan fingerprint density at radius 3 is 2.17 bits per heavy atom. The molecule has 2 saturated carbocycles. The van der Waals surface area contributed by atoms with E-state index in [2.05, 4.69) is 17.5 Å². The predicted octanol–water partition coefficient (Wildman–Crippen LogP) is 4.26. The van der Waals surface area contributed by atoms with Gasteiger partial charge in [-0.05, 0) is 17.2 Å². The van der Waals surface area contributed by atoms with Crippen LogP contribution in [0.4, 0.5) is 0 Å². The molecule has 0 atom stereocenters. The van der Waals surface area contributed by atoms with Gasteiger partial charge < -0.3 is 4.43 Å². The van der Waals surface area contributed by atoms with E-state index in [4.69, 9.17) is 4.43 Å². The number of rotatable bonds is 5. The SMILES string of the molecule is C1=C=C(CO[SiH](C2CCCC2)C2CCCC2)CC=1. The van der Waals surface area contributed by atoms with Gasteiger partial charge in [0.05, 0.1) is 6.61 Å². The molecule has 0 saturated heterocycles. The van der Waals surface area contributed by atoms with Crippen molar-refractivity contribution in [1.82, 2.24) is 0 Å². The zero-order valence-electron chi connectivity index (χ0n) is 11.3. The molecule has 0 radical (unpaired) electrons. The maximum atomic E-state index is 6.47. The molecule has 3 rings (SSSR count). The van der Waals surface area contributed by atoms with E-state index >= 15 is 0 Å². The van der Waals surface area contributed by atoms with Gasteiger partial charge in [0.2, 0.25) is 0 Å². The van der Waals surface area contributed by atoms with Crippen molar-refractivity contribution >= 4 is 9.04 Å². The first kappa shape index (κ1) is 12.5. The fraction of sp³-hybridized carbons (Fsp3) is 0.750. The Balaban J connectivity index is 1.60. The molecular weight excluding hydrogens is 236 g/mol. The minimum absolute atomic E-state index is 0.855. The van der Waals surface area contributed by atoms with E-state index < -0.39 is 9.04 Å². The second-order valence-electron chi connectivity index (χ2n) is 6.15. The summed E-state index contributed by atoms with van der Waals surface area (Å²) in [6.45, 7) is 0.855. The Kier molecular flexibility index (Phi) is 4.23. The summed E-state index contributed by atoms with van der Waals surface area (Å²) in [5, 5.41) is 0. The van der Waals surface area contributed by atoms with Crippen LogP contribution in [0.5, 0.6) is 0 Å². The van der Waals surface area contributed by atoms with Gasteiger partial charge in [0.25, 0.3) is 0 Å². The number of hydrogen-bond donors (Lipinski definition) is 0. The lowest BCUT2D eigenvalue weighted by Crippen LogP contribution is -2.29. The molecule has 0 bridgehead atoms. The molecule has 0 heterocycles. The minimum Gasteiger partial charge on any atom is -0.415 e. The number of hydrogen-bond acceptors (Lipinski definition) is 1. The van der Waals surface area contributed by atoms with E-state index in [1.54, 1.807) is 0 Å². The summed E-state index contributed by atoms with van der Waals surface area (Å²) < 4.78 is 6.47. The first-order chi connectivity index (χ1) is 8.93. The monoisotopic (exact) mass is 260 g/mol. The quantitative estimate of drug-likeness (QED) is 0.530. The standard InChI is InChI=1S/C16H24OSi/c1-2-8-14(7-1)13-17-18(15-9-3-4-10-15)16-11-5-6-12-16/h1,15-16,18H,3-7,9-13H2. The Morgan fingerprint density at radius 1 is 1.06 bits per heavy atom. The normalized spacial score (nSPS) is 24.6. The molecular formula is C16H24OSi. The van der Waals surface area contributed by atoms with Gasteiger partial charge in [-0.15, -0.1) is 0 Å². The first-order valence-electron chi connectivity index (χ1n) is 7.73. The summed E-state index contributed by atoms with van der Waals surface area (Å²) in [6.07, 6.45) is 14.7. The minimum atomic E-state index is -0.997. The largest absolute Gasteiger partial charge is 0.415 e. The smallest absolute Gasteiger partial charge is 0.183 e. The second kappa shape index (κ2) is 6.08. The van der Waals surface area contributed by atoms with Gasteiger partial charge in [0, 0.05) is 12.0 Å². The maximum absolute atomic E-state index is 6.47. The molecule has 0 unspecified atom stereocenters. The summed E-state index contributed by atoms with van der Waals surface area (Å²) in [5.41, 5.74) is 9.54. The molecule has 3 aliphatic rings. The van der Waals surface area contributed by atoms with Gasteiger partial charge in [-0.1, -0.05) is 62.8 Å². The predicted molar refractivity (Wildman–Crippen MR) is 77.3 cm³/mol. The van der Waals surface area contributed by atoms with Crippen molar-refractivity contribution in [2.75, 3.05) is 6.61 Å². The van der Waals surface area contributed by atoms with Gasteiger partial charge in [-0.25, -0.2) is 0 Å². The highest BCUT2D eigenvalue weighted by atomic mass is 28.3. The molecule has 98 valence electrons. The highest BCUT2D eigenvalue weighted by Gasteiger charge is 2.35. The molecule has 0 aromatic carbocycles. The molecule has 0 spiro atoms. The molecule has 0 aromatic heterocycles. The molecule has 0 aliphatic heterocycles. The van der Waals surface area contributed by atoms with Gasteiger partial charge in [0.15, 0.2) is 9.04 Å². The molecule has 0 amide bonds. The van der Waals surface area contributed by atoms with Gasteiger partial charge in [0.1, 0.15) is 0 Å². The third kappa shape index (κ3) is 2.89. The van der Waals surface area contributed by atoms with Crippen molar-refractivity contribution in [3.63, 3.8) is 0 Å². The van der Waals surface area contributed by atoms with Crippen LogP contribution in [0, 0.1) is 0 Å². The molecule has 0 aromatic rings. The fourth-order valence-corrected chi connectivity index (χ4v) is 7.86. The van der Waals surface area contributed by atoms with Crippen molar-refractivity contribution < 1.29 is 4.43 Å². The third-order valence-corrected chi connectivity index (χ3v) is 8.62. The van der Waals surface area contributed by atoms with Crippen molar-refractivity contribution in [2.24, 2.45) is 0 Å². The van der Waals surface area contributed by atoms with E-state index in [0.717, 1.165) is 24.1 Å². The Morgan fingerprint density at radius 2 is 1.67 bits per heavy atom. The zero-order valence-corrected chi connectivity index (χ0v) is 12.4. The highest BCUT2D eigenvalue weighted by molar-refractivity contribution is 6.55. The zero-order chi connectivity index (χ0) is 12.2. The fourth-order valence-electron chi connectivity index (χ4n) is 3.90. The molecule has 1 nitrogen and oxygen atoms in total. The first-order valence-corrected chi connectivity index (χ1v) is 9.53. The van der Waals surface area contributed by atoms with Crippen LogP contribution in [-0.4, -0.2) is 15.6 Å². The topological polar surface area (TPSA) is 9.23 Å². The Bertz CT molecular complexity index is 360. The van der Waals surface area contributed by atoms with Crippen LogP contribution in [0.25, 0.3) is 0 Å². The second-order valence-corrected chi connectivity index (χ2v) is 9.29. The lowest BCUT2D eigenvalue weighted by molar-refractivity contribution is 0.332. The van der Waals surface area contributed by atoms with Crippen LogP contribution in [0.3, 0.4) is 0 Å². The van der Waals surface area contributed by atoms with Gasteiger partial charge >= 0.3 is 0 Å². The lowest BCUT2D eigenvalue weighted by Gasteiger charge is -2.27. The number of allylic oxidation sites excluding steroid dienone is 1. The average molecular weight is 260 g/mol. The summed E-state index contributed by atoms with van der Waals surface area (Å²) in [7, 11) is -0.997. The van der Waals surface area contributed by atoms with Crippen LogP contribution >= 0.6 is 0 Å². The van der Waals surface area contributed by atoms with Crippen LogP contribution in [0.2, 0.25) is 11.1 Å². The Hall–Kier alpha value is -0.523. The van der Waals surface area contributed by atoms with E-state index in [1.165, 1.54) is 56.9 Å². The lowest BCUT2D eigenvalue weighted by atomic mass is 10.3. The Labute approximate surface area is 112 Å². The summed E-state index contributed by atoms with van der Waals surface area (Å²) in [5.74, 6) is 0. The van der Waals surface area contributed by atoms with Gasteiger partial charge in [-0.3, -0.25) is 0 Å². The van der Waals surface area contributed by atoms with Crippen LogP contribution in [0.15, 0.2) is 23.1 Å². The average Bonchev–Trinajstić information content (AvgIpc) is 3.14. The summed E-state index contributed by atoms with van der Waals surface area (Å²) >= 11 is 0.